The van der Waals surface area contributed by atoms with Crippen molar-refractivity contribution in [2.45, 2.75) is 0 Å². The number of hydrogen-bond acceptors (Lipinski definition) is 2. The van der Waals surface area contributed by atoms with Gasteiger partial charge in [-0.05, 0) is 23.8 Å². The molecule has 0 aliphatic rings. The summed E-state index contributed by atoms with van der Waals surface area (Å²) in [7, 11) is 1.68. The van der Waals surface area contributed by atoms with Crippen LogP contribution in [-0.2, 0) is 0 Å². The number of fused-ring (bicyclic) bond motifs is 1. The molecule has 3 aromatic carbocycles. The minimum Gasteiger partial charge on any atom is -0.497 e. The molecule has 0 bridgehead atoms. The first-order valence-corrected chi connectivity index (χ1v) is 7.58. The predicted molar refractivity (Wildman–Crippen MR) is 93.6 cm³/mol. The second-order valence-electron chi connectivity index (χ2n) is 5.40. The summed E-state index contributed by atoms with van der Waals surface area (Å²) in [6.45, 7) is 0. The SMILES string of the molecule is COc1ccc(-c2c(-c3ccccc3)oc3ccccc23)cc1. The van der Waals surface area contributed by atoms with Gasteiger partial charge in [0.05, 0.1) is 7.11 Å². The topological polar surface area (TPSA) is 22.4 Å². The van der Waals surface area contributed by atoms with Crippen LogP contribution in [0.1, 0.15) is 0 Å². The summed E-state index contributed by atoms with van der Waals surface area (Å²) in [5.41, 5.74) is 4.22. The maximum absolute atomic E-state index is 6.16. The minimum absolute atomic E-state index is 0.850. The fraction of sp³-hybridized carbons (Fsp3) is 0.0476. The third kappa shape index (κ3) is 2.38. The van der Waals surface area contributed by atoms with Gasteiger partial charge in [-0.15, -0.1) is 0 Å². The number of ether oxygens (including phenoxy) is 1. The molecular weight excluding hydrogens is 284 g/mol. The average molecular weight is 300 g/mol. The van der Waals surface area contributed by atoms with Crippen LogP contribution >= 0.6 is 0 Å². The average Bonchev–Trinajstić information content (AvgIpc) is 3.02. The molecule has 23 heavy (non-hydrogen) atoms. The van der Waals surface area contributed by atoms with Crippen LogP contribution < -0.4 is 4.74 Å². The van der Waals surface area contributed by atoms with Gasteiger partial charge in [-0.25, -0.2) is 0 Å². The highest BCUT2D eigenvalue weighted by Crippen LogP contribution is 2.40. The van der Waals surface area contributed by atoms with Gasteiger partial charge in [0.15, 0.2) is 0 Å². The highest BCUT2D eigenvalue weighted by Gasteiger charge is 2.17. The van der Waals surface area contributed by atoms with Crippen LogP contribution in [0.2, 0.25) is 0 Å². The van der Waals surface area contributed by atoms with E-state index in [9.17, 15) is 0 Å². The zero-order valence-corrected chi connectivity index (χ0v) is 12.8. The molecule has 0 radical (unpaired) electrons. The molecule has 4 rings (SSSR count). The van der Waals surface area contributed by atoms with Crippen LogP contribution in [0.5, 0.6) is 5.75 Å². The number of rotatable bonds is 3. The molecule has 0 aliphatic carbocycles. The second kappa shape index (κ2) is 5.65. The Labute approximate surface area is 135 Å². The largest absolute Gasteiger partial charge is 0.497 e. The lowest BCUT2D eigenvalue weighted by Crippen LogP contribution is -1.84. The molecule has 1 heterocycles. The fourth-order valence-electron chi connectivity index (χ4n) is 2.88. The lowest BCUT2D eigenvalue weighted by molar-refractivity contribution is 0.415. The van der Waals surface area contributed by atoms with Crippen LogP contribution in [0.3, 0.4) is 0 Å². The summed E-state index contributed by atoms with van der Waals surface area (Å²) in [6, 6.07) is 26.5. The predicted octanol–water partition coefficient (Wildman–Crippen LogP) is 5.78. The van der Waals surface area contributed by atoms with Crippen molar-refractivity contribution in [1.82, 2.24) is 0 Å². The summed E-state index contributed by atoms with van der Waals surface area (Å²) in [5.74, 6) is 1.75. The number of furan rings is 1. The van der Waals surface area contributed by atoms with Crippen molar-refractivity contribution in [2.75, 3.05) is 7.11 Å². The molecule has 0 aliphatic heterocycles. The Balaban J connectivity index is 1.99. The first-order chi connectivity index (χ1) is 11.4. The van der Waals surface area contributed by atoms with Crippen molar-refractivity contribution in [3.8, 4) is 28.2 Å². The van der Waals surface area contributed by atoms with E-state index >= 15 is 0 Å². The van der Waals surface area contributed by atoms with E-state index in [-0.39, 0.29) is 0 Å². The Bertz CT molecular complexity index is 935. The second-order valence-corrected chi connectivity index (χ2v) is 5.40. The van der Waals surface area contributed by atoms with E-state index in [2.05, 4.69) is 30.3 Å². The van der Waals surface area contributed by atoms with Crippen LogP contribution in [0.4, 0.5) is 0 Å². The first kappa shape index (κ1) is 13.6. The molecule has 0 atom stereocenters. The molecule has 2 heteroatoms. The van der Waals surface area contributed by atoms with E-state index in [1.54, 1.807) is 7.11 Å². The number of para-hydroxylation sites is 1. The lowest BCUT2D eigenvalue weighted by atomic mass is 9.98. The summed E-state index contributed by atoms with van der Waals surface area (Å²) in [4.78, 5) is 0. The molecule has 0 saturated carbocycles. The van der Waals surface area contributed by atoms with E-state index in [1.807, 2.05) is 48.5 Å². The molecule has 0 unspecified atom stereocenters. The maximum Gasteiger partial charge on any atom is 0.143 e. The Hall–Kier alpha value is -3.00. The quantitative estimate of drug-likeness (QED) is 0.479. The normalized spacial score (nSPS) is 10.8. The molecule has 2 nitrogen and oxygen atoms in total. The molecule has 1 aromatic heterocycles. The Morgan fingerprint density at radius 2 is 1.39 bits per heavy atom. The van der Waals surface area contributed by atoms with Gasteiger partial charge < -0.3 is 9.15 Å². The van der Waals surface area contributed by atoms with Gasteiger partial charge in [-0.3, -0.25) is 0 Å². The first-order valence-electron chi connectivity index (χ1n) is 7.58. The molecule has 0 spiro atoms. The van der Waals surface area contributed by atoms with E-state index in [0.717, 1.165) is 39.2 Å². The van der Waals surface area contributed by atoms with Crippen molar-refractivity contribution in [3.63, 3.8) is 0 Å². The van der Waals surface area contributed by atoms with E-state index in [1.165, 1.54) is 0 Å². The van der Waals surface area contributed by atoms with Gasteiger partial charge >= 0.3 is 0 Å². The van der Waals surface area contributed by atoms with Gasteiger partial charge in [-0.2, -0.15) is 0 Å². The van der Waals surface area contributed by atoms with Crippen LogP contribution in [0, 0.1) is 0 Å². The van der Waals surface area contributed by atoms with E-state index in [4.69, 9.17) is 9.15 Å². The number of hydrogen-bond donors (Lipinski definition) is 0. The molecule has 0 fully saturated rings. The molecule has 0 N–H and O–H groups in total. The maximum atomic E-state index is 6.16. The van der Waals surface area contributed by atoms with Crippen LogP contribution in [0.25, 0.3) is 33.4 Å². The Morgan fingerprint density at radius 3 is 2.13 bits per heavy atom. The van der Waals surface area contributed by atoms with Crippen molar-refractivity contribution in [2.24, 2.45) is 0 Å². The summed E-state index contributed by atoms with van der Waals surface area (Å²) in [6.07, 6.45) is 0. The molecule has 0 amide bonds. The van der Waals surface area contributed by atoms with E-state index in [0.29, 0.717) is 0 Å². The number of benzene rings is 3. The third-order valence-corrected chi connectivity index (χ3v) is 4.01. The van der Waals surface area contributed by atoms with Crippen molar-refractivity contribution >= 4 is 11.0 Å². The van der Waals surface area contributed by atoms with Crippen LogP contribution in [-0.4, -0.2) is 7.11 Å². The van der Waals surface area contributed by atoms with Crippen molar-refractivity contribution < 1.29 is 9.15 Å². The molecule has 0 saturated heterocycles. The van der Waals surface area contributed by atoms with Gasteiger partial charge in [0, 0.05) is 16.5 Å². The van der Waals surface area contributed by atoms with Gasteiger partial charge in [0.25, 0.3) is 0 Å². The van der Waals surface area contributed by atoms with Crippen LogP contribution in [0.15, 0.2) is 83.3 Å². The lowest BCUT2D eigenvalue weighted by Gasteiger charge is -2.05. The molecular formula is C21H16O2. The Morgan fingerprint density at radius 1 is 0.696 bits per heavy atom. The third-order valence-electron chi connectivity index (χ3n) is 4.01. The number of methoxy groups -OCH3 is 1. The smallest absolute Gasteiger partial charge is 0.143 e. The van der Waals surface area contributed by atoms with Crippen molar-refractivity contribution in [3.05, 3.63) is 78.9 Å². The zero-order chi connectivity index (χ0) is 15.6. The summed E-state index contributed by atoms with van der Waals surface area (Å²) < 4.78 is 11.4. The molecule has 112 valence electrons. The standard InChI is InChI=1S/C21H16O2/c1-22-17-13-11-15(12-14-17)20-18-9-5-6-10-19(18)23-21(20)16-7-3-2-4-8-16/h2-14H,1H3. The monoisotopic (exact) mass is 300 g/mol. The summed E-state index contributed by atoms with van der Waals surface area (Å²) >= 11 is 0. The fourth-order valence-corrected chi connectivity index (χ4v) is 2.88. The molecule has 4 aromatic rings. The highest BCUT2D eigenvalue weighted by molar-refractivity contribution is 6.01. The van der Waals surface area contributed by atoms with Gasteiger partial charge in [0.1, 0.15) is 17.1 Å². The van der Waals surface area contributed by atoms with Gasteiger partial charge in [0.2, 0.25) is 0 Å². The van der Waals surface area contributed by atoms with Gasteiger partial charge in [-0.1, -0.05) is 60.7 Å². The Kier molecular flexibility index (Phi) is 3.35. The van der Waals surface area contributed by atoms with E-state index < -0.39 is 0 Å². The zero-order valence-electron chi connectivity index (χ0n) is 12.8. The minimum atomic E-state index is 0.850. The summed E-state index contributed by atoms with van der Waals surface area (Å²) in [5, 5.41) is 1.12. The highest BCUT2D eigenvalue weighted by atomic mass is 16.5. The van der Waals surface area contributed by atoms with Crippen molar-refractivity contribution in [1.29, 1.82) is 0 Å².